The average Bonchev–Trinajstić information content (AvgIpc) is 3.09. The molecule has 0 aliphatic rings. The van der Waals surface area contributed by atoms with Gasteiger partial charge in [0.15, 0.2) is 0 Å². The number of benzene rings is 4. The van der Waals surface area contributed by atoms with Gasteiger partial charge in [-0.3, -0.25) is 13.9 Å². The fourth-order valence-corrected chi connectivity index (χ4v) is 6.90. The number of methoxy groups -OCH3 is 1. The molecule has 0 heterocycles. The zero-order chi connectivity index (χ0) is 34.0. The number of thioether (sulfide) groups is 1. The van der Waals surface area contributed by atoms with Gasteiger partial charge in [-0.15, -0.1) is 11.8 Å². The maximum atomic E-state index is 14.6. The number of anilines is 1. The highest BCUT2D eigenvalue weighted by molar-refractivity contribution is 7.98. The smallest absolute Gasteiger partial charge is 0.264 e. The van der Waals surface area contributed by atoms with Crippen LogP contribution in [0.5, 0.6) is 5.75 Å². The fraction of sp³-hybridized carbons (Fsp3) is 0.297. The summed E-state index contributed by atoms with van der Waals surface area (Å²) in [6, 6.07) is 29.4. The first-order valence-electron chi connectivity index (χ1n) is 15.6. The van der Waals surface area contributed by atoms with Crippen LogP contribution in [0.25, 0.3) is 0 Å². The quantitative estimate of drug-likeness (QED) is 0.145. The van der Waals surface area contributed by atoms with Crippen molar-refractivity contribution in [3.8, 4) is 5.75 Å². The Labute approximate surface area is 283 Å². The summed E-state index contributed by atoms with van der Waals surface area (Å²) in [6.45, 7) is 5.36. The number of sulfonamides is 1. The molecule has 0 radical (unpaired) electrons. The van der Waals surface area contributed by atoms with Crippen molar-refractivity contribution >= 4 is 39.3 Å². The van der Waals surface area contributed by atoms with Gasteiger partial charge in [0.05, 0.1) is 17.7 Å². The first-order chi connectivity index (χ1) is 22.5. The molecule has 0 saturated carbocycles. The van der Waals surface area contributed by atoms with E-state index in [1.54, 1.807) is 49.6 Å². The molecule has 2 atom stereocenters. The van der Waals surface area contributed by atoms with E-state index in [0.29, 0.717) is 17.9 Å². The molecule has 0 spiro atoms. The summed E-state index contributed by atoms with van der Waals surface area (Å²) in [5.74, 6) is -0.217. The van der Waals surface area contributed by atoms with Crippen molar-refractivity contribution in [3.05, 3.63) is 120 Å². The summed E-state index contributed by atoms with van der Waals surface area (Å²) in [4.78, 5) is 31.1. The molecule has 248 valence electrons. The maximum Gasteiger partial charge on any atom is 0.264 e. The number of carbonyl (C=O) groups is 2. The zero-order valence-electron chi connectivity index (χ0n) is 27.6. The summed E-state index contributed by atoms with van der Waals surface area (Å²) in [5, 5.41) is 3.06. The highest BCUT2D eigenvalue weighted by atomic mass is 32.2. The lowest BCUT2D eigenvalue weighted by Gasteiger charge is -2.34. The molecule has 1 N–H and O–H groups in total. The third kappa shape index (κ3) is 9.39. The predicted molar refractivity (Wildman–Crippen MR) is 189 cm³/mol. The van der Waals surface area contributed by atoms with E-state index in [4.69, 9.17) is 4.74 Å². The first kappa shape index (κ1) is 35.6. The second-order valence-corrected chi connectivity index (χ2v) is 14.2. The van der Waals surface area contributed by atoms with Crippen molar-refractivity contribution in [1.29, 1.82) is 0 Å². The normalized spacial score (nSPS) is 12.5. The molecule has 4 rings (SSSR count). The number of ether oxygens (including phenoxy) is 1. The molecule has 0 bridgehead atoms. The SMILES string of the molecule is CC[C@@H](C)NC(=O)[C@H](Cc1ccccc1)N(Cc1cccc(OC)c1)C(=O)CN(c1ccc(C)cc1)S(=O)(=O)c1ccc(SC)cc1. The van der Waals surface area contributed by atoms with Crippen molar-refractivity contribution in [2.45, 2.75) is 62.0 Å². The summed E-state index contributed by atoms with van der Waals surface area (Å²) >= 11 is 1.51. The van der Waals surface area contributed by atoms with Gasteiger partial charge in [0.1, 0.15) is 18.3 Å². The van der Waals surface area contributed by atoms with Crippen LogP contribution in [-0.2, 0) is 32.6 Å². The Hall–Kier alpha value is -4.28. The molecule has 0 aliphatic heterocycles. The minimum absolute atomic E-state index is 0.0612. The summed E-state index contributed by atoms with van der Waals surface area (Å²) in [6.07, 6.45) is 2.87. The van der Waals surface area contributed by atoms with Gasteiger partial charge in [-0.05, 0) is 86.2 Å². The summed E-state index contributed by atoms with van der Waals surface area (Å²) in [5.41, 5.74) is 2.91. The van der Waals surface area contributed by atoms with Gasteiger partial charge in [-0.1, -0.05) is 67.1 Å². The van der Waals surface area contributed by atoms with Crippen LogP contribution in [0.2, 0.25) is 0 Å². The Morgan fingerprint density at radius 2 is 1.55 bits per heavy atom. The third-order valence-electron chi connectivity index (χ3n) is 8.01. The molecule has 0 aromatic heterocycles. The van der Waals surface area contributed by atoms with Gasteiger partial charge < -0.3 is 15.0 Å². The van der Waals surface area contributed by atoms with Crippen LogP contribution in [0, 0.1) is 6.92 Å². The molecule has 0 aliphatic carbocycles. The van der Waals surface area contributed by atoms with E-state index < -0.39 is 28.5 Å². The van der Waals surface area contributed by atoms with E-state index in [9.17, 15) is 18.0 Å². The molecule has 0 fully saturated rings. The second-order valence-electron chi connectivity index (χ2n) is 11.4. The lowest BCUT2D eigenvalue weighted by molar-refractivity contribution is -0.140. The van der Waals surface area contributed by atoms with Crippen LogP contribution in [0.4, 0.5) is 5.69 Å². The van der Waals surface area contributed by atoms with Gasteiger partial charge in [0.25, 0.3) is 10.0 Å². The van der Waals surface area contributed by atoms with Crippen LogP contribution >= 0.6 is 11.8 Å². The molecule has 47 heavy (non-hydrogen) atoms. The molecular formula is C37H43N3O5S2. The third-order valence-corrected chi connectivity index (χ3v) is 10.5. The highest BCUT2D eigenvalue weighted by Gasteiger charge is 2.35. The Bertz CT molecular complexity index is 1730. The number of carbonyl (C=O) groups excluding carboxylic acids is 2. The van der Waals surface area contributed by atoms with E-state index >= 15 is 0 Å². The number of hydrogen-bond acceptors (Lipinski definition) is 6. The highest BCUT2D eigenvalue weighted by Crippen LogP contribution is 2.27. The van der Waals surface area contributed by atoms with Gasteiger partial charge in [0.2, 0.25) is 11.8 Å². The van der Waals surface area contributed by atoms with E-state index in [0.717, 1.165) is 25.9 Å². The average molecular weight is 674 g/mol. The number of rotatable bonds is 15. The number of aryl methyl sites for hydroxylation is 1. The lowest BCUT2D eigenvalue weighted by Crippen LogP contribution is -2.54. The molecule has 4 aromatic rings. The molecular weight excluding hydrogens is 631 g/mol. The number of amides is 2. The number of hydrogen-bond donors (Lipinski definition) is 1. The Kier molecular flexibility index (Phi) is 12.5. The topological polar surface area (TPSA) is 96.0 Å². The van der Waals surface area contributed by atoms with Crippen molar-refractivity contribution in [2.75, 3.05) is 24.2 Å². The minimum Gasteiger partial charge on any atom is -0.497 e. The molecule has 8 nitrogen and oxygen atoms in total. The zero-order valence-corrected chi connectivity index (χ0v) is 29.2. The van der Waals surface area contributed by atoms with E-state index in [-0.39, 0.29) is 29.8 Å². The van der Waals surface area contributed by atoms with Gasteiger partial charge >= 0.3 is 0 Å². The van der Waals surface area contributed by atoms with Gasteiger partial charge in [0, 0.05) is 23.9 Å². The Morgan fingerprint density at radius 3 is 2.17 bits per heavy atom. The van der Waals surface area contributed by atoms with Crippen molar-refractivity contribution in [2.24, 2.45) is 0 Å². The molecule has 10 heteroatoms. The van der Waals surface area contributed by atoms with Crippen LogP contribution in [0.3, 0.4) is 0 Å². The van der Waals surface area contributed by atoms with Crippen molar-refractivity contribution < 1.29 is 22.7 Å². The van der Waals surface area contributed by atoms with Crippen LogP contribution < -0.4 is 14.4 Å². The van der Waals surface area contributed by atoms with Crippen molar-refractivity contribution in [1.82, 2.24) is 10.2 Å². The first-order valence-corrected chi connectivity index (χ1v) is 18.2. The summed E-state index contributed by atoms with van der Waals surface area (Å²) in [7, 11) is -2.61. The van der Waals surface area contributed by atoms with Crippen molar-refractivity contribution in [3.63, 3.8) is 0 Å². The fourth-order valence-electron chi connectivity index (χ4n) is 5.08. The van der Waals surface area contributed by atoms with E-state index in [1.165, 1.54) is 16.7 Å². The predicted octanol–water partition coefficient (Wildman–Crippen LogP) is 6.48. The standard InChI is InChI=1S/C37H43N3O5S2/c1-6-28(3)38-37(42)35(24-29-11-8-7-9-12-29)39(25-30-13-10-14-32(23-30)45-4)36(41)26-40(31-17-15-27(2)16-18-31)47(43,44)34-21-19-33(46-5)20-22-34/h7-23,28,35H,6,24-26H2,1-5H3,(H,38,42)/t28-,35+/m1/s1. The maximum absolute atomic E-state index is 14.6. The molecule has 0 saturated heterocycles. The van der Waals surface area contributed by atoms with E-state index in [2.05, 4.69) is 5.32 Å². The number of nitrogens with one attached hydrogen (secondary N) is 1. The second kappa shape index (κ2) is 16.5. The van der Waals surface area contributed by atoms with Crippen LogP contribution in [0.15, 0.2) is 113 Å². The van der Waals surface area contributed by atoms with Crippen LogP contribution in [-0.4, -0.2) is 57.1 Å². The Morgan fingerprint density at radius 1 is 0.894 bits per heavy atom. The largest absolute Gasteiger partial charge is 0.497 e. The Balaban J connectivity index is 1.81. The van der Waals surface area contributed by atoms with E-state index in [1.807, 2.05) is 87.7 Å². The lowest BCUT2D eigenvalue weighted by atomic mass is 10.0. The molecule has 0 unspecified atom stereocenters. The van der Waals surface area contributed by atoms with Crippen LogP contribution in [0.1, 0.15) is 37.0 Å². The monoisotopic (exact) mass is 673 g/mol. The molecule has 4 aromatic carbocycles. The molecule has 2 amide bonds. The minimum atomic E-state index is -4.18. The number of nitrogens with zero attached hydrogens (tertiary/aromatic N) is 2. The van der Waals surface area contributed by atoms with Gasteiger partial charge in [-0.25, -0.2) is 8.42 Å². The van der Waals surface area contributed by atoms with Gasteiger partial charge in [-0.2, -0.15) is 0 Å². The summed E-state index contributed by atoms with van der Waals surface area (Å²) < 4.78 is 35.1.